The molecule has 0 heterocycles. The average molecular weight is 322 g/mol. The zero-order valence-corrected chi connectivity index (χ0v) is 12.7. The Balaban J connectivity index is 2.55. The maximum Gasteiger partial charge on any atom is 0.129 e. The van der Waals surface area contributed by atoms with Crippen LogP contribution in [0.15, 0.2) is 42.5 Å². The van der Waals surface area contributed by atoms with E-state index in [0.29, 0.717) is 10.9 Å². The molecule has 19 heavy (non-hydrogen) atoms. The highest BCUT2D eigenvalue weighted by Crippen LogP contribution is 2.32. The van der Waals surface area contributed by atoms with Crippen molar-refractivity contribution in [3.63, 3.8) is 0 Å². The fourth-order valence-electron chi connectivity index (χ4n) is 2.27. The summed E-state index contributed by atoms with van der Waals surface area (Å²) in [5.74, 6) is -0.165. The standard InChI is InChI=1S/C16H17BrFN/c1-3-19(15-9-5-4-7-12(15)2)16-10-6-8-14(18)13(16)11-17/h4-10H,3,11H2,1-2H3. The molecule has 0 bridgehead atoms. The Morgan fingerprint density at radius 2 is 1.74 bits per heavy atom. The van der Waals surface area contributed by atoms with Crippen LogP contribution in [0.5, 0.6) is 0 Å². The van der Waals surface area contributed by atoms with Crippen molar-refractivity contribution in [3.05, 3.63) is 59.4 Å². The van der Waals surface area contributed by atoms with Crippen molar-refractivity contribution in [2.45, 2.75) is 19.2 Å². The number of nitrogens with zero attached hydrogens (tertiary/aromatic N) is 1. The Morgan fingerprint density at radius 1 is 1.05 bits per heavy atom. The lowest BCUT2D eigenvalue weighted by atomic mass is 10.1. The molecule has 3 heteroatoms. The molecule has 0 unspecified atom stereocenters. The Kier molecular flexibility index (Phi) is 4.59. The van der Waals surface area contributed by atoms with Gasteiger partial charge in [-0.25, -0.2) is 4.39 Å². The van der Waals surface area contributed by atoms with Crippen molar-refractivity contribution in [2.75, 3.05) is 11.4 Å². The Bertz CT molecular complexity index is 568. The van der Waals surface area contributed by atoms with Gasteiger partial charge in [0.05, 0.1) is 0 Å². The number of benzene rings is 2. The quantitative estimate of drug-likeness (QED) is 0.701. The summed E-state index contributed by atoms with van der Waals surface area (Å²) in [6.45, 7) is 4.95. The van der Waals surface area contributed by atoms with Gasteiger partial charge < -0.3 is 4.90 Å². The van der Waals surface area contributed by atoms with E-state index < -0.39 is 0 Å². The first-order chi connectivity index (χ1) is 9.19. The van der Waals surface area contributed by atoms with Crippen LogP contribution in [-0.4, -0.2) is 6.54 Å². The topological polar surface area (TPSA) is 3.24 Å². The SMILES string of the molecule is CCN(c1ccccc1C)c1cccc(F)c1CBr. The number of anilines is 2. The van der Waals surface area contributed by atoms with Crippen LogP contribution in [-0.2, 0) is 5.33 Å². The largest absolute Gasteiger partial charge is 0.341 e. The van der Waals surface area contributed by atoms with E-state index in [4.69, 9.17) is 0 Å². The van der Waals surface area contributed by atoms with E-state index >= 15 is 0 Å². The minimum Gasteiger partial charge on any atom is -0.341 e. The molecule has 2 rings (SSSR count). The van der Waals surface area contributed by atoms with Gasteiger partial charge in [-0.05, 0) is 37.6 Å². The molecule has 2 aromatic carbocycles. The summed E-state index contributed by atoms with van der Waals surface area (Å²) in [6.07, 6.45) is 0. The first kappa shape index (κ1) is 14.1. The highest BCUT2D eigenvalue weighted by atomic mass is 79.9. The maximum absolute atomic E-state index is 13.9. The number of hydrogen-bond acceptors (Lipinski definition) is 1. The third-order valence-corrected chi connectivity index (χ3v) is 3.80. The summed E-state index contributed by atoms with van der Waals surface area (Å²) in [5.41, 5.74) is 3.94. The van der Waals surface area contributed by atoms with Gasteiger partial charge in [-0.15, -0.1) is 0 Å². The van der Waals surface area contributed by atoms with E-state index in [2.05, 4.69) is 46.8 Å². The smallest absolute Gasteiger partial charge is 0.129 e. The van der Waals surface area contributed by atoms with Crippen molar-refractivity contribution in [3.8, 4) is 0 Å². The number of para-hydroxylation sites is 1. The van der Waals surface area contributed by atoms with Gasteiger partial charge in [-0.1, -0.05) is 40.2 Å². The molecule has 0 saturated heterocycles. The molecular weight excluding hydrogens is 305 g/mol. The summed E-state index contributed by atoms with van der Waals surface area (Å²) in [4.78, 5) is 2.15. The van der Waals surface area contributed by atoms with Gasteiger partial charge in [0.15, 0.2) is 0 Å². The number of halogens is 2. The van der Waals surface area contributed by atoms with E-state index in [1.54, 1.807) is 6.07 Å². The zero-order valence-electron chi connectivity index (χ0n) is 11.2. The number of hydrogen-bond donors (Lipinski definition) is 0. The molecule has 0 fully saturated rings. The van der Waals surface area contributed by atoms with Gasteiger partial charge in [0.1, 0.15) is 5.82 Å². The monoisotopic (exact) mass is 321 g/mol. The Morgan fingerprint density at radius 3 is 2.37 bits per heavy atom. The summed E-state index contributed by atoms with van der Waals surface area (Å²) in [5, 5.41) is 0.511. The summed E-state index contributed by atoms with van der Waals surface area (Å²) >= 11 is 3.38. The Hall–Kier alpha value is -1.35. The van der Waals surface area contributed by atoms with E-state index in [9.17, 15) is 4.39 Å². The molecule has 0 saturated carbocycles. The third kappa shape index (κ3) is 2.81. The summed E-state index contributed by atoms with van der Waals surface area (Å²) in [6, 6.07) is 13.4. The molecule has 1 nitrogen and oxygen atoms in total. The van der Waals surface area contributed by atoms with E-state index in [1.165, 1.54) is 11.6 Å². The van der Waals surface area contributed by atoms with Crippen LogP contribution in [0.2, 0.25) is 0 Å². The molecule has 0 aromatic heterocycles. The summed E-state index contributed by atoms with van der Waals surface area (Å²) in [7, 11) is 0. The minimum atomic E-state index is -0.165. The molecule has 0 N–H and O–H groups in total. The van der Waals surface area contributed by atoms with E-state index in [0.717, 1.165) is 17.9 Å². The first-order valence-electron chi connectivity index (χ1n) is 6.35. The number of aryl methyl sites for hydroxylation is 1. The van der Waals surface area contributed by atoms with Crippen LogP contribution in [0.3, 0.4) is 0 Å². The average Bonchev–Trinajstić information content (AvgIpc) is 2.42. The van der Waals surface area contributed by atoms with Crippen molar-refractivity contribution in [1.29, 1.82) is 0 Å². The van der Waals surface area contributed by atoms with Crippen LogP contribution in [0, 0.1) is 12.7 Å². The lowest BCUT2D eigenvalue weighted by molar-refractivity contribution is 0.617. The molecule has 0 aliphatic heterocycles. The van der Waals surface area contributed by atoms with Crippen LogP contribution in [0.4, 0.5) is 15.8 Å². The van der Waals surface area contributed by atoms with Crippen LogP contribution in [0.25, 0.3) is 0 Å². The number of rotatable bonds is 4. The summed E-state index contributed by atoms with van der Waals surface area (Å²) < 4.78 is 13.9. The highest BCUT2D eigenvalue weighted by molar-refractivity contribution is 9.08. The van der Waals surface area contributed by atoms with Gasteiger partial charge in [-0.2, -0.15) is 0 Å². The molecule has 0 aliphatic carbocycles. The molecule has 0 amide bonds. The first-order valence-corrected chi connectivity index (χ1v) is 7.47. The molecule has 0 aliphatic rings. The van der Waals surface area contributed by atoms with Gasteiger partial charge in [0.2, 0.25) is 0 Å². The molecular formula is C16H17BrFN. The van der Waals surface area contributed by atoms with Crippen molar-refractivity contribution in [2.24, 2.45) is 0 Å². The van der Waals surface area contributed by atoms with Gasteiger partial charge in [0, 0.05) is 28.8 Å². The number of alkyl halides is 1. The van der Waals surface area contributed by atoms with Crippen LogP contribution in [0.1, 0.15) is 18.1 Å². The molecule has 0 atom stereocenters. The van der Waals surface area contributed by atoms with Gasteiger partial charge in [-0.3, -0.25) is 0 Å². The van der Waals surface area contributed by atoms with Crippen LogP contribution >= 0.6 is 15.9 Å². The third-order valence-electron chi connectivity index (χ3n) is 3.24. The molecule has 0 spiro atoms. The highest BCUT2D eigenvalue weighted by Gasteiger charge is 2.15. The van der Waals surface area contributed by atoms with Crippen molar-refractivity contribution >= 4 is 27.3 Å². The normalized spacial score (nSPS) is 10.5. The molecule has 0 radical (unpaired) electrons. The lowest BCUT2D eigenvalue weighted by Crippen LogP contribution is -2.19. The van der Waals surface area contributed by atoms with Crippen molar-refractivity contribution < 1.29 is 4.39 Å². The predicted octanol–water partition coefficient (Wildman–Crippen LogP) is 5.19. The predicted molar refractivity (Wildman–Crippen MR) is 82.9 cm³/mol. The maximum atomic E-state index is 13.9. The van der Waals surface area contributed by atoms with Gasteiger partial charge in [0.25, 0.3) is 0 Å². The van der Waals surface area contributed by atoms with E-state index in [-0.39, 0.29) is 5.82 Å². The fraction of sp³-hybridized carbons (Fsp3) is 0.250. The zero-order chi connectivity index (χ0) is 13.8. The van der Waals surface area contributed by atoms with Gasteiger partial charge >= 0.3 is 0 Å². The second kappa shape index (κ2) is 6.20. The second-order valence-electron chi connectivity index (χ2n) is 4.40. The molecule has 2 aromatic rings. The van der Waals surface area contributed by atoms with E-state index in [1.807, 2.05) is 18.2 Å². The lowest BCUT2D eigenvalue weighted by Gasteiger charge is -2.27. The van der Waals surface area contributed by atoms with Crippen molar-refractivity contribution in [1.82, 2.24) is 0 Å². The fourth-order valence-corrected chi connectivity index (χ4v) is 2.82. The molecule has 100 valence electrons. The minimum absolute atomic E-state index is 0.165. The second-order valence-corrected chi connectivity index (χ2v) is 4.96. The Labute approximate surface area is 122 Å². The van der Waals surface area contributed by atoms with Crippen LogP contribution < -0.4 is 4.90 Å².